The van der Waals surface area contributed by atoms with Gasteiger partial charge in [0.25, 0.3) is 0 Å². The second-order valence-corrected chi connectivity index (χ2v) is 7.32. The number of methoxy groups -OCH3 is 1. The molecule has 2 amide bonds. The first-order valence-corrected chi connectivity index (χ1v) is 8.51. The average molecular weight is 363 g/mol. The number of carbonyl (C=O) groups is 3. The number of nitrogens with zero attached hydrogens (tertiary/aromatic N) is 2. The van der Waals surface area contributed by atoms with Crippen molar-refractivity contribution in [3.63, 3.8) is 0 Å². The molecular weight excluding hydrogens is 341 g/mol. The number of nitrogens with one attached hydrogen (secondary N) is 1. The molecule has 3 rings (SSSR count). The molecule has 2 aliphatic heterocycles. The Hall–Kier alpha value is -2.35. The minimum absolute atomic E-state index is 0.0390. The SMILES string of the molecule is COC(=O)[C@@]1(CC(C)C)N[C@@H](c2ccncc2F)[C@H]2C(=O)N(C)C(=O)[C@H]21. The van der Waals surface area contributed by atoms with Crippen molar-refractivity contribution in [3.05, 3.63) is 29.8 Å². The summed E-state index contributed by atoms with van der Waals surface area (Å²) in [5, 5.41) is 3.12. The molecular formula is C18H22FN3O4. The summed E-state index contributed by atoms with van der Waals surface area (Å²) in [6.45, 7) is 3.82. The van der Waals surface area contributed by atoms with E-state index in [4.69, 9.17) is 4.74 Å². The Bertz CT molecular complexity index is 769. The number of amides is 2. The number of carbonyl (C=O) groups excluding carboxylic acids is 3. The van der Waals surface area contributed by atoms with Gasteiger partial charge in [-0.25, -0.2) is 4.39 Å². The van der Waals surface area contributed by atoms with Gasteiger partial charge in [-0.1, -0.05) is 13.8 Å². The van der Waals surface area contributed by atoms with E-state index in [2.05, 4.69) is 10.3 Å². The summed E-state index contributed by atoms with van der Waals surface area (Å²) in [5.41, 5.74) is -1.17. The predicted molar refractivity (Wildman–Crippen MR) is 89.0 cm³/mol. The molecule has 0 aliphatic carbocycles. The summed E-state index contributed by atoms with van der Waals surface area (Å²) in [6, 6.07) is 0.644. The molecule has 140 valence electrons. The maximum Gasteiger partial charge on any atom is 0.326 e. The summed E-state index contributed by atoms with van der Waals surface area (Å²) in [6.07, 6.45) is 2.76. The zero-order valence-electron chi connectivity index (χ0n) is 15.2. The molecule has 2 saturated heterocycles. The minimum atomic E-state index is -1.38. The number of hydrogen-bond acceptors (Lipinski definition) is 6. The van der Waals surface area contributed by atoms with Gasteiger partial charge >= 0.3 is 5.97 Å². The summed E-state index contributed by atoms with van der Waals surface area (Å²) in [7, 11) is 2.63. The van der Waals surface area contributed by atoms with Crippen molar-refractivity contribution < 1.29 is 23.5 Å². The molecule has 0 unspecified atom stereocenters. The van der Waals surface area contributed by atoms with Crippen LogP contribution in [0.25, 0.3) is 0 Å². The van der Waals surface area contributed by atoms with Crippen molar-refractivity contribution in [1.82, 2.24) is 15.2 Å². The number of rotatable bonds is 4. The summed E-state index contributed by atoms with van der Waals surface area (Å²) in [4.78, 5) is 43.1. The Balaban J connectivity index is 2.18. The molecule has 2 fully saturated rings. The Morgan fingerprint density at radius 1 is 1.42 bits per heavy atom. The lowest BCUT2D eigenvalue weighted by Crippen LogP contribution is -2.56. The largest absolute Gasteiger partial charge is 0.468 e. The van der Waals surface area contributed by atoms with Gasteiger partial charge in [0.15, 0.2) is 0 Å². The van der Waals surface area contributed by atoms with E-state index in [-0.39, 0.29) is 17.9 Å². The Morgan fingerprint density at radius 3 is 2.69 bits per heavy atom. The van der Waals surface area contributed by atoms with E-state index in [1.807, 2.05) is 13.8 Å². The van der Waals surface area contributed by atoms with Crippen molar-refractivity contribution in [2.24, 2.45) is 17.8 Å². The number of fused-ring (bicyclic) bond motifs is 1. The summed E-state index contributed by atoms with van der Waals surface area (Å²) in [5.74, 6) is -3.86. The Labute approximate surface area is 150 Å². The fourth-order valence-corrected chi connectivity index (χ4v) is 4.34. The second kappa shape index (κ2) is 6.42. The van der Waals surface area contributed by atoms with Gasteiger partial charge in [-0.15, -0.1) is 0 Å². The van der Waals surface area contributed by atoms with Crippen LogP contribution in [0.2, 0.25) is 0 Å². The number of ether oxygens (including phenoxy) is 1. The molecule has 1 aromatic heterocycles. The lowest BCUT2D eigenvalue weighted by atomic mass is 9.75. The van der Waals surface area contributed by atoms with Gasteiger partial charge in [0.1, 0.15) is 11.4 Å². The number of esters is 1. The minimum Gasteiger partial charge on any atom is -0.468 e. The van der Waals surface area contributed by atoms with Gasteiger partial charge in [0.2, 0.25) is 11.8 Å². The zero-order chi connectivity index (χ0) is 19.2. The van der Waals surface area contributed by atoms with Gasteiger partial charge in [-0.2, -0.15) is 0 Å². The molecule has 0 spiro atoms. The molecule has 0 bridgehead atoms. The van der Waals surface area contributed by atoms with Gasteiger partial charge < -0.3 is 4.74 Å². The van der Waals surface area contributed by atoms with Crippen molar-refractivity contribution in [2.45, 2.75) is 31.8 Å². The summed E-state index contributed by atoms with van der Waals surface area (Å²) < 4.78 is 19.4. The molecule has 26 heavy (non-hydrogen) atoms. The highest BCUT2D eigenvalue weighted by Crippen LogP contribution is 2.51. The fraction of sp³-hybridized carbons (Fsp3) is 0.556. The molecule has 0 saturated carbocycles. The number of halogens is 1. The van der Waals surface area contributed by atoms with E-state index in [0.29, 0.717) is 0 Å². The van der Waals surface area contributed by atoms with E-state index in [1.54, 1.807) is 0 Å². The van der Waals surface area contributed by atoms with Crippen LogP contribution in [0.1, 0.15) is 31.9 Å². The van der Waals surface area contributed by atoms with Crippen LogP contribution < -0.4 is 5.32 Å². The van der Waals surface area contributed by atoms with E-state index < -0.39 is 47.0 Å². The van der Waals surface area contributed by atoms with E-state index in [0.717, 1.165) is 11.1 Å². The van der Waals surface area contributed by atoms with Crippen LogP contribution in [-0.4, -0.2) is 47.4 Å². The molecule has 4 atom stereocenters. The Kier molecular flexibility index (Phi) is 4.56. The molecule has 1 aromatic rings. The van der Waals surface area contributed by atoms with Crippen molar-refractivity contribution >= 4 is 17.8 Å². The third-order valence-corrected chi connectivity index (χ3v) is 5.29. The maximum absolute atomic E-state index is 14.4. The van der Waals surface area contributed by atoms with Crippen molar-refractivity contribution in [2.75, 3.05) is 14.2 Å². The third-order valence-electron chi connectivity index (χ3n) is 5.29. The highest BCUT2D eigenvalue weighted by atomic mass is 19.1. The first kappa shape index (κ1) is 18.4. The van der Waals surface area contributed by atoms with Crippen LogP contribution in [0.3, 0.4) is 0 Å². The van der Waals surface area contributed by atoms with Crippen LogP contribution in [0.5, 0.6) is 0 Å². The summed E-state index contributed by atoms with van der Waals surface area (Å²) >= 11 is 0. The second-order valence-electron chi connectivity index (χ2n) is 7.32. The van der Waals surface area contributed by atoms with Crippen LogP contribution in [0.15, 0.2) is 18.5 Å². The van der Waals surface area contributed by atoms with Crippen LogP contribution in [0, 0.1) is 23.6 Å². The number of hydrogen-bond donors (Lipinski definition) is 1. The third kappa shape index (κ3) is 2.51. The first-order valence-electron chi connectivity index (χ1n) is 8.51. The highest BCUT2D eigenvalue weighted by molar-refractivity contribution is 6.09. The molecule has 2 aliphatic rings. The molecule has 0 aromatic carbocycles. The van der Waals surface area contributed by atoms with Gasteiger partial charge in [0.05, 0.1) is 25.1 Å². The van der Waals surface area contributed by atoms with E-state index in [1.165, 1.54) is 26.4 Å². The molecule has 7 nitrogen and oxygen atoms in total. The fourth-order valence-electron chi connectivity index (χ4n) is 4.34. The molecule has 1 N–H and O–H groups in total. The van der Waals surface area contributed by atoms with Crippen LogP contribution >= 0.6 is 0 Å². The van der Waals surface area contributed by atoms with Gasteiger partial charge in [-0.05, 0) is 18.4 Å². The average Bonchev–Trinajstić information content (AvgIpc) is 3.04. The Morgan fingerprint density at radius 2 is 2.12 bits per heavy atom. The number of likely N-dealkylation sites (tertiary alicyclic amines) is 1. The molecule has 8 heteroatoms. The highest BCUT2D eigenvalue weighted by Gasteiger charge is 2.68. The van der Waals surface area contributed by atoms with Crippen LogP contribution in [0.4, 0.5) is 4.39 Å². The monoisotopic (exact) mass is 363 g/mol. The van der Waals surface area contributed by atoms with E-state index >= 15 is 0 Å². The lowest BCUT2D eigenvalue weighted by Gasteiger charge is -2.33. The predicted octanol–water partition coefficient (Wildman–Crippen LogP) is 1.05. The van der Waals surface area contributed by atoms with Crippen molar-refractivity contribution in [1.29, 1.82) is 0 Å². The van der Waals surface area contributed by atoms with Crippen molar-refractivity contribution in [3.8, 4) is 0 Å². The zero-order valence-corrected chi connectivity index (χ0v) is 15.2. The number of pyridine rings is 1. The smallest absolute Gasteiger partial charge is 0.326 e. The normalized spacial score (nSPS) is 30.8. The first-order chi connectivity index (χ1) is 12.2. The van der Waals surface area contributed by atoms with E-state index in [9.17, 15) is 18.8 Å². The molecule has 3 heterocycles. The topological polar surface area (TPSA) is 88.6 Å². The maximum atomic E-state index is 14.4. The standard InChI is InChI=1S/C18H22FN3O4/c1-9(2)7-18(17(25)26-4)13-12(15(23)22(3)16(13)24)14(21-18)10-5-6-20-8-11(10)19/h5-6,8-9,12-14,21H,7H2,1-4H3/t12-,13-,14-,18-/m0/s1. The van der Waals surface area contributed by atoms with Gasteiger partial charge in [-0.3, -0.25) is 29.6 Å². The lowest BCUT2D eigenvalue weighted by molar-refractivity contribution is -0.154. The molecule has 0 radical (unpaired) electrons. The van der Waals surface area contributed by atoms with Gasteiger partial charge in [0, 0.05) is 24.8 Å². The number of aromatic nitrogens is 1. The number of imide groups is 1. The van der Waals surface area contributed by atoms with Crippen LogP contribution in [-0.2, 0) is 19.1 Å². The quantitative estimate of drug-likeness (QED) is 0.636.